The Morgan fingerprint density at radius 2 is 2.10 bits per heavy atom. The number of benzene rings is 1. The zero-order valence-electron chi connectivity index (χ0n) is 11.8. The van der Waals surface area contributed by atoms with Crippen LogP contribution in [0.1, 0.15) is 31.1 Å². The minimum atomic E-state index is 0.0449. The molecule has 1 atom stereocenters. The van der Waals surface area contributed by atoms with Crippen LogP contribution in [-0.2, 0) is 6.54 Å². The van der Waals surface area contributed by atoms with Crippen LogP contribution in [0.3, 0.4) is 0 Å². The molecule has 0 bridgehead atoms. The number of hydrogen-bond donors (Lipinski definition) is 1. The minimum absolute atomic E-state index is 0.0449. The van der Waals surface area contributed by atoms with Crippen molar-refractivity contribution in [2.24, 2.45) is 0 Å². The van der Waals surface area contributed by atoms with E-state index >= 15 is 0 Å². The number of likely N-dealkylation sites (tertiary alicyclic amines) is 1. The lowest BCUT2D eigenvalue weighted by atomic mass is 10.0. The number of piperidine rings is 1. The predicted molar refractivity (Wildman–Crippen MR) is 84.1 cm³/mol. The van der Waals surface area contributed by atoms with E-state index in [1.54, 1.807) is 0 Å². The number of thiazole rings is 1. The Labute approximate surface area is 123 Å². The van der Waals surface area contributed by atoms with Crippen molar-refractivity contribution in [3.63, 3.8) is 0 Å². The first-order valence-electron chi connectivity index (χ1n) is 7.25. The van der Waals surface area contributed by atoms with Gasteiger partial charge in [-0.05, 0) is 31.9 Å². The zero-order chi connectivity index (χ0) is 13.9. The summed E-state index contributed by atoms with van der Waals surface area (Å²) in [5.41, 5.74) is 2.10. The van der Waals surface area contributed by atoms with Gasteiger partial charge in [0.05, 0.1) is 5.69 Å². The lowest BCUT2D eigenvalue weighted by Crippen LogP contribution is -2.36. The van der Waals surface area contributed by atoms with Gasteiger partial charge in [-0.15, -0.1) is 0 Å². The molecular formula is C16H20N2OS. The molecule has 106 valence electrons. The van der Waals surface area contributed by atoms with Gasteiger partial charge in [0, 0.05) is 17.5 Å². The van der Waals surface area contributed by atoms with Crippen LogP contribution in [0.25, 0.3) is 11.3 Å². The largest absolute Gasteiger partial charge is 0.312 e. The highest BCUT2D eigenvalue weighted by atomic mass is 32.1. The Bertz CT molecular complexity index is 617. The molecule has 4 heteroatoms. The number of nitrogens with zero attached hydrogens (tertiary/aromatic N) is 1. The Balaban J connectivity index is 1.88. The van der Waals surface area contributed by atoms with Crippen molar-refractivity contribution < 1.29 is 0 Å². The highest BCUT2D eigenvalue weighted by Crippen LogP contribution is 2.27. The van der Waals surface area contributed by atoms with E-state index in [9.17, 15) is 4.79 Å². The molecule has 3 rings (SSSR count). The molecule has 0 spiro atoms. The van der Waals surface area contributed by atoms with Gasteiger partial charge in [0.2, 0.25) is 0 Å². The maximum absolute atomic E-state index is 11.8. The Morgan fingerprint density at radius 3 is 2.85 bits per heavy atom. The fourth-order valence-electron chi connectivity index (χ4n) is 2.89. The Morgan fingerprint density at radius 1 is 1.30 bits per heavy atom. The normalized spacial score (nSPS) is 20.1. The lowest BCUT2D eigenvalue weighted by molar-refractivity contribution is 0.154. The molecule has 0 amide bonds. The van der Waals surface area contributed by atoms with Crippen LogP contribution < -0.4 is 4.87 Å². The average Bonchev–Trinajstić information content (AvgIpc) is 2.83. The van der Waals surface area contributed by atoms with Gasteiger partial charge in [0.25, 0.3) is 0 Å². The Hall–Kier alpha value is -1.39. The number of aromatic nitrogens is 1. The van der Waals surface area contributed by atoms with Crippen LogP contribution in [0.15, 0.2) is 35.1 Å². The average molecular weight is 288 g/mol. The van der Waals surface area contributed by atoms with Gasteiger partial charge >= 0.3 is 4.87 Å². The molecule has 2 heterocycles. The van der Waals surface area contributed by atoms with Gasteiger partial charge < -0.3 is 4.98 Å². The summed E-state index contributed by atoms with van der Waals surface area (Å²) >= 11 is 1.35. The molecule has 0 radical (unpaired) electrons. The van der Waals surface area contributed by atoms with Crippen LogP contribution in [-0.4, -0.2) is 22.5 Å². The second kappa shape index (κ2) is 5.94. The van der Waals surface area contributed by atoms with E-state index in [1.807, 2.05) is 18.2 Å². The quantitative estimate of drug-likeness (QED) is 0.938. The van der Waals surface area contributed by atoms with Gasteiger partial charge in [-0.1, -0.05) is 48.1 Å². The van der Waals surface area contributed by atoms with Crippen LogP contribution >= 0.6 is 11.3 Å². The van der Waals surface area contributed by atoms with Gasteiger partial charge in [-0.3, -0.25) is 9.69 Å². The fraction of sp³-hybridized carbons (Fsp3) is 0.438. The summed E-state index contributed by atoms with van der Waals surface area (Å²) < 4.78 is 0. The third kappa shape index (κ3) is 2.86. The second-order valence-corrected chi connectivity index (χ2v) is 6.56. The summed E-state index contributed by atoms with van der Waals surface area (Å²) in [5, 5.41) is 0. The zero-order valence-corrected chi connectivity index (χ0v) is 12.6. The third-order valence-electron chi connectivity index (χ3n) is 4.07. The smallest absolute Gasteiger partial charge is 0.305 e. The van der Waals surface area contributed by atoms with Crippen molar-refractivity contribution in [1.82, 2.24) is 9.88 Å². The summed E-state index contributed by atoms with van der Waals surface area (Å²) in [4.78, 5) is 18.5. The molecule has 3 nitrogen and oxygen atoms in total. The van der Waals surface area contributed by atoms with Crippen molar-refractivity contribution in [2.45, 2.75) is 38.8 Å². The molecule has 1 aliphatic rings. The van der Waals surface area contributed by atoms with E-state index in [2.05, 4.69) is 28.9 Å². The standard InChI is InChI=1S/C16H20N2OS/c1-12-7-5-6-10-18(12)11-14-15(17-16(19)20-14)13-8-3-2-4-9-13/h2-4,8-9,12H,5-7,10-11H2,1H3,(H,17,19). The number of rotatable bonds is 3. The molecule has 0 aliphatic carbocycles. The Kier molecular flexibility index (Phi) is 4.03. The maximum Gasteiger partial charge on any atom is 0.305 e. The van der Waals surface area contributed by atoms with Crippen molar-refractivity contribution in [3.05, 3.63) is 44.9 Å². The summed E-state index contributed by atoms with van der Waals surface area (Å²) in [6, 6.07) is 10.8. The molecule has 0 saturated carbocycles. The number of aromatic amines is 1. The van der Waals surface area contributed by atoms with Crippen molar-refractivity contribution in [2.75, 3.05) is 6.54 Å². The topological polar surface area (TPSA) is 36.1 Å². The monoisotopic (exact) mass is 288 g/mol. The van der Waals surface area contributed by atoms with Gasteiger partial charge in [-0.2, -0.15) is 0 Å². The first-order valence-corrected chi connectivity index (χ1v) is 8.07. The van der Waals surface area contributed by atoms with Crippen LogP contribution in [0.5, 0.6) is 0 Å². The van der Waals surface area contributed by atoms with Crippen molar-refractivity contribution in [1.29, 1.82) is 0 Å². The van der Waals surface area contributed by atoms with E-state index in [1.165, 1.54) is 30.6 Å². The van der Waals surface area contributed by atoms with E-state index in [4.69, 9.17) is 0 Å². The molecule has 1 aliphatic heterocycles. The van der Waals surface area contributed by atoms with Crippen molar-refractivity contribution >= 4 is 11.3 Å². The molecule has 1 aromatic heterocycles. The van der Waals surface area contributed by atoms with E-state index in [0.717, 1.165) is 29.2 Å². The van der Waals surface area contributed by atoms with Gasteiger partial charge in [0.1, 0.15) is 0 Å². The highest BCUT2D eigenvalue weighted by molar-refractivity contribution is 7.09. The van der Waals surface area contributed by atoms with Crippen LogP contribution in [0.2, 0.25) is 0 Å². The van der Waals surface area contributed by atoms with E-state index in [0.29, 0.717) is 6.04 Å². The summed E-state index contributed by atoms with van der Waals surface area (Å²) in [5.74, 6) is 0. The predicted octanol–water partition coefficient (Wildman–Crippen LogP) is 3.48. The molecule has 1 N–H and O–H groups in total. The molecule has 1 aromatic carbocycles. The number of nitrogens with one attached hydrogen (secondary N) is 1. The molecule has 1 saturated heterocycles. The van der Waals surface area contributed by atoms with Crippen LogP contribution in [0.4, 0.5) is 0 Å². The SMILES string of the molecule is CC1CCCCN1Cc1sc(=O)[nH]c1-c1ccccc1. The summed E-state index contributed by atoms with van der Waals surface area (Å²) in [6.45, 7) is 4.31. The molecule has 1 fully saturated rings. The highest BCUT2D eigenvalue weighted by Gasteiger charge is 2.21. The fourth-order valence-corrected chi connectivity index (χ4v) is 3.76. The molecule has 1 unspecified atom stereocenters. The minimum Gasteiger partial charge on any atom is -0.312 e. The molecule has 20 heavy (non-hydrogen) atoms. The van der Waals surface area contributed by atoms with Gasteiger partial charge in [0.15, 0.2) is 0 Å². The first-order chi connectivity index (χ1) is 9.74. The summed E-state index contributed by atoms with van der Waals surface area (Å²) in [6.07, 6.45) is 3.86. The number of H-pyrrole nitrogens is 1. The molecule has 2 aromatic rings. The first kappa shape index (κ1) is 13.6. The summed E-state index contributed by atoms with van der Waals surface area (Å²) in [7, 11) is 0. The lowest BCUT2D eigenvalue weighted by Gasteiger charge is -2.33. The number of hydrogen-bond acceptors (Lipinski definition) is 3. The van der Waals surface area contributed by atoms with E-state index < -0.39 is 0 Å². The van der Waals surface area contributed by atoms with Crippen molar-refractivity contribution in [3.8, 4) is 11.3 Å². The van der Waals surface area contributed by atoms with Crippen LogP contribution in [0, 0.1) is 0 Å². The maximum atomic E-state index is 11.8. The second-order valence-electron chi connectivity index (χ2n) is 5.49. The molecular weight excluding hydrogens is 268 g/mol. The van der Waals surface area contributed by atoms with Gasteiger partial charge in [-0.25, -0.2) is 0 Å². The third-order valence-corrected chi connectivity index (χ3v) is 4.94. The van der Waals surface area contributed by atoms with E-state index in [-0.39, 0.29) is 4.87 Å².